The monoisotopic (exact) mass is 303 g/mol. The highest BCUT2D eigenvalue weighted by atomic mass is 16.7. The van der Waals surface area contributed by atoms with E-state index in [1.54, 1.807) is 23.2 Å². The van der Waals surface area contributed by atoms with Crippen molar-refractivity contribution in [3.8, 4) is 0 Å². The maximum absolute atomic E-state index is 12.4. The molecule has 3 heterocycles. The van der Waals surface area contributed by atoms with Crippen molar-refractivity contribution in [3.63, 3.8) is 0 Å². The molecule has 0 unspecified atom stereocenters. The maximum atomic E-state index is 12.4. The van der Waals surface area contributed by atoms with Crippen molar-refractivity contribution in [2.75, 3.05) is 20.2 Å². The second-order valence-electron chi connectivity index (χ2n) is 5.67. The van der Waals surface area contributed by atoms with E-state index in [2.05, 4.69) is 4.98 Å². The van der Waals surface area contributed by atoms with Crippen molar-refractivity contribution in [1.82, 2.24) is 14.9 Å². The van der Waals surface area contributed by atoms with Crippen LogP contribution in [0.3, 0.4) is 0 Å². The van der Waals surface area contributed by atoms with Crippen LogP contribution in [0.2, 0.25) is 0 Å². The average Bonchev–Trinajstić information content (AvgIpc) is 2.78. The fraction of sp³-hybridized carbons (Fsp3) is 0.467. The molecule has 2 fully saturated rings. The number of pyridine rings is 1. The summed E-state index contributed by atoms with van der Waals surface area (Å²) in [5.74, 6) is -0.684. The van der Waals surface area contributed by atoms with Crippen LogP contribution in [0.15, 0.2) is 24.5 Å². The standard InChI is InChI=1S/C15H17N3O4/c1-22-18-12(19)9-15(14(18)21)4-7-17(8-5-15)13(20)11-3-2-6-16-10-11/h2-3,6,10H,4-5,7-9H2,1H3. The van der Waals surface area contributed by atoms with E-state index < -0.39 is 5.41 Å². The van der Waals surface area contributed by atoms with E-state index in [-0.39, 0.29) is 24.1 Å². The van der Waals surface area contributed by atoms with Gasteiger partial charge in [-0.3, -0.25) is 24.2 Å². The van der Waals surface area contributed by atoms with Crippen LogP contribution in [-0.4, -0.2) is 52.9 Å². The smallest absolute Gasteiger partial charge is 0.260 e. The lowest BCUT2D eigenvalue weighted by atomic mass is 9.77. The molecule has 116 valence electrons. The zero-order chi connectivity index (χ0) is 15.7. The van der Waals surface area contributed by atoms with Crippen molar-refractivity contribution in [2.24, 2.45) is 5.41 Å². The Hall–Kier alpha value is -2.28. The molecule has 1 aromatic rings. The summed E-state index contributed by atoms with van der Waals surface area (Å²) in [6.45, 7) is 0.897. The van der Waals surface area contributed by atoms with Crippen molar-refractivity contribution >= 4 is 17.7 Å². The first kappa shape index (κ1) is 14.6. The summed E-state index contributed by atoms with van der Waals surface area (Å²) in [7, 11) is 1.32. The van der Waals surface area contributed by atoms with E-state index in [0.29, 0.717) is 31.5 Å². The summed E-state index contributed by atoms with van der Waals surface area (Å²) >= 11 is 0. The molecule has 2 aliphatic rings. The average molecular weight is 303 g/mol. The number of carbonyl (C=O) groups is 3. The molecule has 1 spiro atoms. The molecule has 7 heteroatoms. The number of amides is 3. The van der Waals surface area contributed by atoms with Gasteiger partial charge in [0.05, 0.1) is 18.1 Å². The molecule has 0 saturated carbocycles. The molecule has 2 saturated heterocycles. The summed E-state index contributed by atoms with van der Waals surface area (Å²) in [5, 5.41) is 0.846. The van der Waals surface area contributed by atoms with E-state index in [0.717, 1.165) is 5.06 Å². The first-order valence-electron chi connectivity index (χ1n) is 7.18. The van der Waals surface area contributed by atoms with Gasteiger partial charge in [-0.25, -0.2) is 0 Å². The number of rotatable bonds is 2. The second kappa shape index (κ2) is 5.49. The van der Waals surface area contributed by atoms with Crippen LogP contribution < -0.4 is 0 Å². The lowest BCUT2D eigenvalue weighted by molar-refractivity contribution is -0.183. The van der Waals surface area contributed by atoms with Gasteiger partial charge in [-0.1, -0.05) is 0 Å². The van der Waals surface area contributed by atoms with Crippen LogP contribution in [0, 0.1) is 5.41 Å². The fourth-order valence-corrected chi connectivity index (χ4v) is 3.15. The lowest BCUT2D eigenvalue weighted by Crippen LogP contribution is -2.46. The largest absolute Gasteiger partial charge is 0.339 e. The second-order valence-corrected chi connectivity index (χ2v) is 5.67. The van der Waals surface area contributed by atoms with Crippen molar-refractivity contribution < 1.29 is 19.2 Å². The highest BCUT2D eigenvalue weighted by molar-refractivity contribution is 6.05. The highest BCUT2D eigenvalue weighted by Crippen LogP contribution is 2.42. The van der Waals surface area contributed by atoms with Crippen molar-refractivity contribution in [2.45, 2.75) is 19.3 Å². The first-order chi connectivity index (χ1) is 10.6. The molecule has 2 aliphatic heterocycles. The van der Waals surface area contributed by atoms with Crippen LogP contribution in [0.4, 0.5) is 0 Å². The van der Waals surface area contributed by atoms with Gasteiger partial charge in [-0.15, -0.1) is 0 Å². The van der Waals surface area contributed by atoms with Crippen LogP contribution >= 0.6 is 0 Å². The summed E-state index contributed by atoms with van der Waals surface area (Å²) in [4.78, 5) is 47.0. The van der Waals surface area contributed by atoms with Gasteiger partial charge in [0.2, 0.25) is 0 Å². The Labute approximate surface area is 127 Å². The zero-order valence-corrected chi connectivity index (χ0v) is 12.3. The number of nitrogens with zero attached hydrogens (tertiary/aromatic N) is 3. The fourth-order valence-electron chi connectivity index (χ4n) is 3.15. The molecule has 0 radical (unpaired) electrons. The van der Waals surface area contributed by atoms with Gasteiger partial charge >= 0.3 is 0 Å². The molecule has 7 nitrogen and oxygen atoms in total. The summed E-state index contributed by atoms with van der Waals surface area (Å²) < 4.78 is 0. The van der Waals surface area contributed by atoms with Crippen LogP contribution in [0.25, 0.3) is 0 Å². The maximum Gasteiger partial charge on any atom is 0.260 e. The minimum absolute atomic E-state index is 0.0941. The van der Waals surface area contributed by atoms with Crippen LogP contribution in [0.5, 0.6) is 0 Å². The topological polar surface area (TPSA) is 79.8 Å². The minimum atomic E-state index is -0.710. The Kier molecular flexibility index (Phi) is 3.66. The molecule has 3 amide bonds. The molecule has 1 aromatic heterocycles. The Morgan fingerprint density at radius 2 is 2.05 bits per heavy atom. The van der Waals surface area contributed by atoms with Gasteiger partial charge in [0.25, 0.3) is 17.7 Å². The van der Waals surface area contributed by atoms with Gasteiger partial charge in [-0.05, 0) is 25.0 Å². The Bertz CT molecular complexity index is 608. The van der Waals surface area contributed by atoms with E-state index in [9.17, 15) is 14.4 Å². The minimum Gasteiger partial charge on any atom is -0.339 e. The third-order valence-electron chi connectivity index (χ3n) is 4.45. The lowest BCUT2D eigenvalue weighted by Gasteiger charge is -2.37. The van der Waals surface area contributed by atoms with Gasteiger partial charge in [0.1, 0.15) is 0 Å². The third-order valence-corrected chi connectivity index (χ3v) is 4.45. The Morgan fingerprint density at radius 3 is 2.59 bits per heavy atom. The van der Waals surface area contributed by atoms with Gasteiger partial charge in [0, 0.05) is 31.9 Å². The van der Waals surface area contributed by atoms with Crippen LogP contribution in [-0.2, 0) is 14.4 Å². The molecular weight excluding hydrogens is 286 g/mol. The van der Waals surface area contributed by atoms with E-state index in [1.807, 2.05) is 0 Å². The number of likely N-dealkylation sites (tertiary alicyclic amines) is 1. The molecule has 3 rings (SSSR count). The van der Waals surface area contributed by atoms with Crippen molar-refractivity contribution in [1.29, 1.82) is 0 Å². The number of imide groups is 1. The molecule has 0 aliphatic carbocycles. The zero-order valence-electron chi connectivity index (χ0n) is 12.3. The predicted molar refractivity (Wildman–Crippen MR) is 75.3 cm³/mol. The molecule has 0 aromatic carbocycles. The summed E-state index contributed by atoms with van der Waals surface area (Å²) in [6.07, 6.45) is 4.26. The quantitative estimate of drug-likeness (QED) is 0.748. The van der Waals surface area contributed by atoms with E-state index in [4.69, 9.17) is 4.84 Å². The Morgan fingerprint density at radius 1 is 1.32 bits per heavy atom. The summed E-state index contributed by atoms with van der Waals surface area (Å²) in [6, 6.07) is 3.44. The van der Waals surface area contributed by atoms with Crippen LogP contribution in [0.1, 0.15) is 29.6 Å². The first-order valence-corrected chi connectivity index (χ1v) is 7.18. The number of carbonyl (C=O) groups excluding carboxylic acids is 3. The number of hydrogen-bond acceptors (Lipinski definition) is 5. The van der Waals surface area contributed by atoms with Crippen molar-refractivity contribution in [3.05, 3.63) is 30.1 Å². The molecule has 0 atom stereocenters. The van der Waals surface area contributed by atoms with Gasteiger partial charge in [0.15, 0.2) is 0 Å². The van der Waals surface area contributed by atoms with Gasteiger partial charge < -0.3 is 4.90 Å². The Balaban J connectivity index is 1.70. The summed E-state index contributed by atoms with van der Waals surface area (Å²) in [5.41, 5.74) is -0.176. The molecule has 0 N–H and O–H groups in total. The predicted octanol–water partition coefficient (Wildman–Crippen LogP) is 0.624. The number of piperidine rings is 1. The number of aromatic nitrogens is 1. The molecule has 22 heavy (non-hydrogen) atoms. The number of hydrogen-bond donors (Lipinski definition) is 0. The SMILES string of the molecule is CON1C(=O)CC2(CCN(C(=O)c3cccnc3)CC2)C1=O. The van der Waals surface area contributed by atoms with E-state index in [1.165, 1.54) is 13.3 Å². The normalized spacial score (nSPS) is 20.8. The molecular formula is C15H17N3O4. The molecule has 0 bridgehead atoms. The van der Waals surface area contributed by atoms with Gasteiger partial charge in [-0.2, -0.15) is 5.06 Å². The highest BCUT2D eigenvalue weighted by Gasteiger charge is 2.53. The third kappa shape index (κ3) is 2.27. The number of hydroxylamine groups is 2. The van der Waals surface area contributed by atoms with E-state index >= 15 is 0 Å².